The summed E-state index contributed by atoms with van der Waals surface area (Å²) in [4.78, 5) is 16.1. The zero-order valence-electron chi connectivity index (χ0n) is 19.4. The van der Waals surface area contributed by atoms with Crippen LogP contribution in [0.4, 0.5) is 13.2 Å². The zero-order chi connectivity index (χ0) is 25.3. The molecule has 6 nitrogen and oxygen atoms in total. The Morgan fingerprint density at radius 2 is 1.78 bits per heavy atom. The smallest absolute Gasteiger partial charge is 0.362 e. The first kappa shape index (κ1) is 23.8. The van der Waals surface area contributed by atoms with Gasteiger partial charge in [0.1, 0.15) is 5.65 Å². The molecule has 5 aromatic rings. The predicted molar refractivity (Wildman–Crippen MR) is 131 cm³/mol. The molecule has 5 rings (SSSR count). The van der Waals surface area contributed by atoms with Gasteiger partial charge in [-0.25, -0.2) is 0 Å². The van der Waals surface area contributed by atoms with Gasteiger partial charge in [-0.2, -0.15) is 22.8 Å². The van der Waals surface area contributed by atoms with Crippen molar-refractivity contribution < 1.29 is 17.9 Å². The number of aryl methyl sites for hydroxylation is 1. The van der Waals surface area contributed by atoms with E-state index in [4.69, 9.17) is 4.74 Å². The molecule has 0 fully saturated rings. The summed E-state index contributed by atoms with van der Waals surface area (Å²) < 4.78 is 44.9. The number of hydrogen-bond acceptors (Lipinski definition) is 4. The van der Waals surface area contributed by atoms with Gasteiger partial charge in [0.15, 0.2) is 0 Å². The Morgan fingerprint density at radius 1 is 1.03 bits per heavy atom. The van der Waals surface area contributed by atoms with Gasteiger partial charge in [0.2, 0.25) is 0 Å². The van der Waals surface area contributed by atoms with Crippen LogP contribution < -0.4 is 10.9 Å². The number of halogens is 3. The summed E-state index contributed by atoms with van der Waals surface area (Å²) in [6, 6.07) is 20.4. The largest absolute Gasteiger partial charge is 0.416 e. The molecule has 36 heavy (non-hydrogen) atoms. The Kier molecular flexibility index (Phi) is 6.34. The lowest BCUT2D eigenvalue weighted by Crippen LogP contribution is -2.22. The predicted octanol–water partition coefficient (Wildman–Crippen LogP) is 5.43. The first-order valence-corrected chi connectivity index (χ1v) is 11.4. The molecule has 2 aromatic heterocycles. The number of fused-ring (bicyclic) bond motifs is 2. The third kappa shape index (κ3) is 4.75. The molecule has 3 aromatic carbocycles. The van der Waals surface area contributed by atoms with E-state index in [2.05, 4.69) is 15.4 Å². The number of aromatic nitrogens is 3. The maximum Gasteiger partial charge on any atom is 0.416 e. The van der Waals surface area contributed by atoms with Crippen LogP contribution in [0.25, 0.3) is 27.5 Å². The molecule has 0 aliphatic heterocycles. The molecular weight excluding hydrogens is 469 g/mol. The Hall–Kier alpha value is -3.95. The molecule has 9 heteroatoms. The normalized spacial score (nSPS) is 12.0. The topological polar surface area (TPSA) is 71.4 Å². The highest BCUT2D eigenvalue weighted by molar-refractivity contribution is 6.00. The van der Waals surface area contributed by atoms with Crippen LogP contribution in [-0.4, -0.2) is 21.3 Å². The van der Waals surface area contributed by atoms with E-state index < -0.39 is 11.7 Å². The molecule has 0 unspecified atom stereocenters. The summed E-state index contributed by atoms with van der Waals surface area (Å²) in [5.74, 6) is 0. The van der Waals surface area contributed by atoms with Crippen LogP contribution in [0.1, 0.15) is 22.5 Å². The Labute approximate surface area is 204 Å². The second-order valence-corrected chi connectivity index (χ2v) is 8.49. The summed E-state index contributed by atoms with van der Waals surface area (Å²) in [6.07, 6.45) is -4.36. The number of alkyl halides is 3. The maximum absolute atomic E-state index is 12.8. The third-order valence-electron chi connectivity index (χ3n) is 5.97. The van der Waals surface area contributed by atoms with Crippen LogP contribution in [0.3, 0.4) is 0 Å². The molecule has 0 saturated heterocycles. The molecule has 2 heterocycles. The average molecular weight is 493 g/mol. The quantitative estimate of drug-likeness (QED) is 0.235. The highest BCUT2D eigenvalue weighted by atomic mass is 19.4. The molecule has 0 saturated carbocycles. The number of aromatic amines is 1. The number of ether oxygens (including phenoxy) is 1. The first-order chi connectivity index (χ1) is 17.3. The van der Waals surface area contributed by atoms with Crippen molar-refractivity contribution in [3.8, 4) is 11.1 Å². The monoisotopic (exact) mass is 492 g/mol. The zero-order valence-corrected chi connectivity index (χ0v) is 19.4. The molecule has 0 bridgehead atoms. The highest BCUT2D eigenvalue weighted by Gasteiger charge is 2.29. The second kappa shape index (κ2) is 9.60. The summed E-state index contributed by atoms with van der Waals surface area (Å²) in [5, 5.41) is 9.72. The fraction of sp³-hybridized carbons (Fsp3) is 0.185. The van der Waals surface area contributed by atoms with E-state index in [1.165, 1.54) is 22.7 Å². The van der Waals surface area contributed by atoms with E-state index in [1.54, 1.807) is 0 Å². The van der Waals surface area contributed by atoms with Gasteiger partial charge in [0, 0.05) is 23.9 Å². The maximum atomic E-state index is 12.8. The SMILES string of the molecule is Cc1nn2c(=O)cc(CNCOCc3ccc(C(F)(F)F)cc3)[nH]c2c1-c1cccc2ccccc12. The van der Waals surface area contributed by atoms with Gasteiger partial charge < -0.3 is 9.72 Å². The van der Waals surface area contributed by atoms with E-state index in [0.29, 0.717) is 23.4 Å². The molecule has 0 aliphatic rings. The number of nitrogens with one attached hydrogen (secondary N) is 2. The fourth-order valence-corrected chi connectivity index (χ4v) is 4.28. The minimum Gasteiger partial charge on any atom is -0.362 e. The van der Waals surface area contributed by atoms with Crippen molar-refractivity contribution in [3.05, 3.63) is 106 Å². The molecule has 2 N–H and O–H groups in total. The summed E-state index contributed by atoms with van der Waals surface area (Å²) in [5.41, 5.74) is 3.55. The minimum absolute atomic E-state index is 0.155. The second-order valence-electron chi connectivity index (χ2n) is 8.49. The van der Waals surface area contributed by atoms with Crippen molar-refractivity contribution >= 4 is 16.4 Å². The number of hydrogen-bond donors (Lipinski definition) is 2. The van der Waals surface area contributed by atoms with Gasteiger partial charge in [0.05, 0.1) is 24.6 Å². The number of rotatable bonds is 7. The molecule has 0 amide bonds. The third-order valence-corrected chi connectivity index (χ3v) is 5.97. The standard InChI is InChI=1S/C27H23F3N4O2/c1-17-25(23-8-4-6-19-5-2-3-7-22(19)23)26-32-21(13-24(35)34(26)33-17)14-31-16-36-15-18-9-11-20(12-10-18)27(28,29)30/h2-13,31-32H,14-16H2,1H3. The molecule has 0 radical (unpaired) electrons. The lowest BCUT2D eigenvalue weighted by atomic mass is 9.98. The van der Waals surface area contributed by atoms with Crippen molar-refractivity contribution in [1.29, 1.82) is 0 Å². The van der Waals surface area contributed by atoms with Crippen molar-refractivity contribution in [3.63, 3.8) is 0 Å². The van der Waals surface area contributed by atoms with Crippen molar-refractivity contribution in [1.82, 2.24) is 19.9 Å². The van der Waals surface area contributed by atoms with Gasteiger partial charge in [0.25, 0.3) is 5.56 Å². The minimum atomic E-state index is -4.36. The van der Waals surface area contributed by atoms with E-state index in [1.807, 2.05) is 49.4 Å². The lowest BCUT2D eigenvalue weighted by molar-refractivity contribution is -0.137. The highest BCUT2D eigenvalue weighted by Crippen LogP contribution is 2.33. The molecule has 0 atom stereocenters. The van der Waals surface area contributed by atoms with Crippen LogP contribution in [0.5, 0.6) is 0 Å². The number of H-pyrrole nitrogens is 1. The Balaban J connectivity index is 1.31. The fourth-order valence-electron chi connectivity index (χ4n) is 4.28. The van der Waals surface area contributed by atoms with Crippen LogP contribution in [0.2, 0.25) is 0 Å². The summed E-state index contributed by atoms with van der Waals surface area (Å²) >= 11 is 0. The molecule has 184 valence electrons. The van der Waals surface area contributed by atoms with Crippen molar-refractivity contribution in [2.45, 2.75) is 26.3 Å². The Morgan fingerprint density at radius 3 is 2.56 bits per heavy atom. The summed E-state index contributed by atoms with van der Waals surface area (Å²) in [6.45, 7) is 2.53. The number of nitrogens with zero attached hydrogens (tertiary/aromatic N) is 2. The van der Waals surface area contributed by atoms with Gasteiger partial charge in [-0.05, 0) is 41.0 Å². The summed E-state index contributed by atoms with van der Waals surface area (Å²) in [7, 11) is 0. The Bertz CT molecular complexity index is 1580. The number of benzene rings is 3. The molecule has 0 spiro atoms. The first-order valence-electron chi connectivity index (χ1n) is 11.4. The van der Waals surface area contributed by atoms with Crippen LogP contribution >= 0.6 is 0 Å². The van der Waals surface area contributed by atoms with Gasteiger partial charge >= 0.3 is 6.18 Å². The van der Waals surface area contributed by atoms with Gasteiger partial charge in [-0.1, -0.05) is 54.6 Å². The van der Waals surface area contributed by atoms with E-state index in [-0.39, 0.29) is 18.9 Å². The van der Waals surface area contributed by atoms with Crippen LogP contribution in [0.15, 0.2) is 77.6 Å². The van der Waals surface area contributed by atoms with Crippen molar-refractivity contribution in [2.75, 3.05) is 6.73 Å². The average Bonchev–Trinajstić information content (AvgIpc) is 3.19. The lowest BCUT2D eigenvalue weighted by Gasteiger charge is -2.10. The van der Waals surface area contributed by atoms with Gasteiger partial charge in [-0.15, -0.1) is 0 Å². The van der Waals surface area contributed by atoms with Crippen molar-refractivity contribution in [2.24, 2.45) is 0 Å². The molecular formula is C27H23F3N4O2. The van der Waals surface area contributed by atoms with Crippen LogP contribution in [-0.2, 0) is 24.1 Å². The van der Waals surface area contributed by atoms with E-state index in [0.717, 1.165) is 39.7 Å². The van der Waals surface area contributed by atoms with E-state index in [9.17, 15) is 18.0 Å². The van der Waals surface area contributed by atoms with E-state index >= 15 is 0 Å². The van der Waals surface area contributed by atoms with Crippen LogP contribution in [0, 0.1) is 6.92 Å². The molecule has 0 aliphatic carbocycles. The van der Waals surface area contributed by atoms with Gasteiger partial charge in [-0.3, -0.25) is 10.1 Å².